The van der Waals surface area contributed by atoms with Gasteiger partial charge in [0, 0.05) is 6.54 Å². The third-order valence-electron chi connectivity index (χ3n) is 5.64. The van der Waals surface area contributed by atoms with Crippen molar-refractivity contribution < 1.29 is 14.3 Å². The van der Waals surface area contributed by atoms with Crippen molar-refractivity contribution in [3.8, 4) is 0 Å². The van der Waals surface area contributed by atoms with Gasteiger partial charge < -0.3 is 21.5 Å². The molecule has 184 valence electrons. The van der Waals surface area contributed by atoms with E-state index in [9.17, 15) is 9.59 Å². The highest BCUT2D eigenvalue weighted by atomic mass is 16.5. The van der Waals surface area contributed by atoms with E-state index < -0.39 is 18.0 Å². The van der Waals surface area contributed by atoms with Gasteiger partial charge in [0.25, 0.3) is 0 Å². The molecule has 0 radical (unpaired) electrons. The third kappa shape index (κ3) is 18.2. The number of rotatable bonds is 21. The monoisotopic (exact) mass is 441 g/mol. The van der Waals surface area contributed by atoms with Crippen LogP contribution in [0.25, 0.3) is 0 Å². The maximum Gasteiger partial charge on any atom is 0.328 e. The third-order valence-corrected chi connectivity index (χ3v) is 5.64. The van der Waals surface area contributed by atoms with Gasteiger partial charge in [0.1, 0.15) is 6.04 Å². The Morgan fingerprint density at radius 3 is 1.68 bits per heavy atom. The Balaban J connectivity index is 3.72. The fourth-order valence-corrected chi connectivity index (χ4v) is 3.64. The van der Waals surface area contributed by atoms with Crippen molar-refractivity contribution in [2.75, 3.05) is 13.2 Å². The summed E-state index contributed by atoms with van der Waals surface area (Å²) in [6, 6.07) is -1.45. The zero-order chi connectivity index (χ0) is 23.3. The van der Waals surface area contributed by atoms with Crippen LogP contribution in [0.15, 0.2) is 0 Å². The number of nitrogens with one attached hydrogen (secondary N) is 1. The van der Waals surface area contributed by atoms with Crippen molar-refractivity contribution in [2.45, 2.75) is 129 Å². The number of carbonyl (C=O) groups excluding carboxylic acids is 2. The van der Waals surface area contributed by atoms with Crippen molar-refractivity contribution >= 4 is 11.9 Å². The van der Waals surface area contributed by atoms with Crippen LogP contribution in [0, 0.1) is 5.92 Å². The molecule has 6 nitrogen and oxygen atoms in total. The average molecular weight is 442 g/mol. The van der Waals surface area contributed by atoms with Gasteiger partial charge in [-0.1, -0.05) is 104 Å². The smallest absolute Gasteiger partial charge is 0.328 e. The van der Waals surface area contributed by atoms with Crippen molar-refractivity contribution in [3.05, 3.63) is 0 Å². The van der Waals surface area contributed by atoms with E-state index in [1.165, 1.54) is 77.0 Å². The molecule has 0 spiro atoms. The van der Waals surface area contributed by atoms with E-state index in [2.05, 4.69) is 12.2 Å². The first kappa shape index (κ1) is 29.9. The maximum absolute atomic E-state index is 12.4. The fourth-order valence-electron chi connectivity index (χ4n) is 3.64. The molecule has 0 aromatic carbocycles. The van der Waals surface area contributed by atoms with Crippen LogP contribution < -0.4 is 16.8 Å². The molecule has 0 saturated heterocycles. The summed E-state index contributed by atoms with van der Waals surface area (Å²) >= 11 is 0. The average Bonchev–Trinajstić information content (AvgIpc) is 2.74. The molecule has 0 aliphatic heterocycles. The summed E-state index contributed by atoms with van der Waals surface area (Å²) in [4.78, 5) is 24.3. The van der Waals surface area contributed by atoms with Crippen LogP contribution in [-0.2, 0) is 14.3 Å². The lowest BCUT2D eigenvalue weighted by atomic mass is 10.0. The van der Waals surface area contributed by atoms with Crippen molar-refractivity contribution in [1.82, 2.24) is 5.32 Å². The van der Waals surface area contributed by atoms with Gasteiger partial charge in [-0.25, -0.2) is 4.79 Å². The summed E-state index contributed by atoms with van der Waals surface area (Å²) in [5, 5.41) is 2.68. The van der Waals surface area contributed by atoms with Crippen LogP contribution in [0.2, 0.25) is 0 Å². The second-order valence-corrected chi connectivity index (χ2v) is 9.30. The second kappa shape index (κ2) is 20.7. The van der Waals surface area contributed by atoms with Crippen LogP contribution in [-0.4, -0.2) is 37.1 Å². The molecular formula is C25H51N3O3. The van der Waals surface area contributed by atoms with Gasteiger partial charge in [0.05, 0.1) is 12.6 Å². The number of unbranched alkanes of at least 4 members (excludes halogenated alkanes) is 13. The summed E-state index contributed by atoms with van der Waals surface area (Å²) in [6.45, 7) is 6.73. The van der Waals surface area contributed by atoms with Crippen molar-refractivity contribution in [3.63, 3.8) is 0 Å². The van der Waals surface area contributed by atoms with E-state index in [0.717, 1.165) is 12.8 Å². The zero-order valence-corrected chi connectivity index (χ0v) is 20.6. The predicted molar refractivity (Wildman–Crippen MR) is 130 cm³/mol. The van der Waals surface area contributed by atoms with Gasteiger partial charge in [-0.2, -0.15) is 0 Å². The molecule has 0 aromatic rings. The quantitative estimate of drug-likeness (QED) is 0.175. The molecule has 0 fully saturated rings. The zero-order valence-electron chi connectivity index (χ0n) is 20.6. The molecule has 1 amide bonds. The molecule has 6 heteroatoms. The molecule has 0 unspecified atom stereocenters. The first-order valence-electron chi connectivity index (χ1n) is 12.8. The standard InChI is InChI=1S/C25H51N3O3/c1-4-5-6-7-8-9-10-11-12-13-14-15-16-17-18-31-25(30)23(19-21(2)3)28-24(29)22(27)20-26/h21-23H,4-20,26-27H2,1-3H3,(H,28,29)/t22-,23-/m0/s1. The molecule has 0 aromatic heterocycles. The van der Waals surface area contributed by atoms with Crippen LogP contribution in [0.1, 0.15) is 117 Å². The van der Waals surface area contributed by atoms with Gasteiger partial charge in [-0.05, 0) is 18.8 Å². The van der Waals surface area contributed by atoms with Gasteiger partial charge in [0.2, 0.25) is 5.91 Å². The van der Waals surface area contributed by atoms with Gasteiger partial charge in [-0.15, -0.1) is 0 Å². The van der Waals surface area contributed by atoms with E-state index in [4.69, 9.17) is 16.2 Å². The van der Waals surface area contributed by atoms with Gasteiger partial charge >= 0.3 is 5.97 Å². The van der Waals surface area contributed by atoms with Crippen molar-refractivity contribution in [1.29, 1.82) is 0 Å². The molecule has 0 bridgehead atoms. The van der Waals surface area contributed by atoms with E-state index >= 15 is 0 Å². The minimum absolute atomic E-state index is 0.0499. The molecule has 0 aliphatic carbocycles. The Labute approximate surface area is 191 Å². The maximum atomic E-state index is 12.4. The molecule has 0 heterocycles. The highest BCUT2D eigenvalue weighted by Crippen LogP contribution is 2.13. The van der Waals surface area contributed by atoms with Crippen molar-refractivity contribution in [2.24, 2.45) is 17.4 Å². The lowest BCUT2D eigenvalue weighted by Crippen LogP contribution is -2.51. The van der Waals surface area contributed by atoms with Crippen LogP contribution in [0.4, 0.5) is 0 Å². The first-order valence-corrected chi connectivity index (χ1v) is 12.8. The number of amides is 1. The number of ether oxygens (including phenoxy) is 1. The lowest BCUT2D eigenvalue weighted by Gasteiger charge is -2.21. The highest BCUT2D eigenvalue weighted by molar-refractivity contribution is 5.87. The Bertz CT molecular complexity index is 444. The summed E-state index contributed by atoms with van der Waals surface area (Å²) in [7, 11) is 0. The summed E-state index contributed by atoms with van der Waals surface area (Å²) in [6.07, 6.45) is 18.6. The van der Waals surface area contributed by atoms with Crippen LogP contribution in [0.3, 0.4) is 0 Å². The normalized spacial score (nSPS) is 13.2. The predicted octanol–water partition coefficient (Wildman–Crippen LogP) is 4.83. The topological polar surface area (TPSA) is 107 Å². The summed E-state index contributed by atoms with van der Waals surface area (Å²) in [5.41, 5.74) is 11.1. The number of nitrogens with two attached hydrogens (primary N) is 2. The minimum atomic E-state index is -0.798. The minimum Gasteiger partial charge on any atom is -0.464 e. The van der Waals surface area contributed by atoms with E-state index in [-0.39, 0.29) is 18.4 Å². The molecule has 0 aliphatic rings. The number of hydrogen-bond donors (Lipinski definition) is 3. The van der Waals surface area contributed by atoms with E-state index in [1.807, 2.05) is 13.8 Å². The molecule has 31 heavy (non-hydrogen) atoms. The largest absolute Gasteiger partial charge is 0.464 e. The first-order chi connectivity index (χ1) is 14.9. The molecule has 5 N–H and O–H groups in total. The molecule has 2 atom stereocenters. The SMILES string of the molecule is CCCCCCCCCCCCCCCCOC(=O)[C@H](CC(C)C)NC(=O)[C@@H](N)CN. The Morgan fingerprint density at radius 2 is 1.26 bits per heavy atom. The second-order valence-electron chi connectivity index (χ2n) is 9.30. The van der Waals surface area contributed by atoms with Crippen LogP contribution in [0.5, 0.6) is 0 Å². The molecule has 0 saturated carbocycles. The Hall–Kier alpha value is -1.14. The highest BCUT2D eigenvalue weighted by Gasteiger charge is 2.25. The fraction of sp³-hybridized carbons (Fsp3) is 0.920. The molecule has 0 rings (SSSR count). The number of hydrogen-bond acceptors (Lipinski definition) is 5. The number of carbonyl (C=O) groups is 2. The summed E-state index contributed by atoms with van der Waals surface area (Å²) in [5.74, 6) is -0.518. The lowest BCUT2D eigenvalue weighted by molar-refractivity contribution is -0.148. The van der Waals surface area contributed by atoms with Gasteiger partial charge in [0.15, 0.2) is 0 Å². The van der Waals surface area contributed by atoms with Gasteiger partial charge in [-0.3, -0.25) is 4.79 Å². The van der Waals surface area contributed by atoms with E-state index in [1.54, 1.807) is 0 Å². The Morgan fingerprint density at radius 1 is 0.806 bits per heavy atom. The Kier molecular flexibility index (Phi) is 20.0. The van der Waals surface area contributed by atoms with Crippen LogP contribution >= 0.6 is 0 Å². The number of esters is 1. The summed E-state index contributed by atoms with van der Waals surface area (Å²) < 4.78 is 5.40. The van der Waals surface area contributed by atoms with E-state index in [0.29, 0.717) is 13.0 Å². The molecular weight excluding hydrogens is 390 g/mol.